The average Bonchev–Trinajstić information content (AvgIpc) is 3.88. The summed E-state index contributed by atoms with van der Waals surface area (Å²) in [6.45, 7) is 18.8. The standard InChI is InChI=1S/C38H36N2.C12H11N.2C2H6.CH5N/c1-5-6-7-13-28(4)35-24-29(19-21-36(35)39-31-14-8-11-26(2)22-31)30-18-20-34-33-16-10-17-37(33)40(38(34)25-30)32-15-9-12-27(3)23-32;1-3-7-11(8-4-1)13-12-9-5-2-6-10-12;3*1-2/h5-15,17-18,20,22-25,39H,4,16,19,21H2,1-3H3;1-10,13H;2*1-2H3;2H2,1H3/b6-5-,13-7-;;;;. The van der Waals surface area contributed by atoms with Gasteiger partial charge < -0.3 is 20.9 Å². The molecule has 0 fully saturated rings. The van der Waals surface area contributed by atoms with E-state index in [1.54, 1.807) is 0 Å². The van der Waals surface area contributed by atoms with Gasteiger partial charge in [-0.25, -0.2) is 0 Å². The highest BCUT2D eigenvalue weighted by Gasteiger charge is 2.22. The van der Waals surface area contributed by atoms with E-state index in [4.69, 9.17) is 0 Å². The number of nitrogens with zero attached hydrogens (tertiary/aromatic N) is 1. The summed E-state index contributed by atoms with van der Waals surface area (Å²) in [4.78, 5) is 0. The topological polar surface area (TPSA) is 55.0 Å². The second kappa shape index (κ2) is 23.8. The van der Waals surface area contributed by atoms with Crippen molar-refractivity contribution in [2.24, 2.45) is 5.73 Å². The van der Waals surface area contributed by atoms with Crippen LogP contribution < -0.4 is 16.4 Å². The molecular formula is C55H64N4. The molecule has 304 valence electrons. The highest BCUT2D eigenvalue weighted by molar-refractivity contribution is 5.94. The van der Waals surface area contributed by atoms with Crippen LogP contribution in [0.4, 0.5) is 17.1 Å². The van der Waals surface area contributed by atoms with E-state index in [-0.39, 0.29) is 0 Å². The van der Waals surface area contributed by atoms with Crippen LogP contribution in [0.25, 0.3) is 28.2 Å². The predicted octanol–water partition coefficient (Wildman–Crippen LogP) is 15.1. The zero-order valence-electron chi connectivity index (χ0n) is 36.5. The summed E-state index contributed by atoms with van der Waals surface area (Å²) in [5.41, 5.74) is 21.6. The van der Waals surface area contributed by atoms with Crippen LogP contribution in [0.15, 0.2) is 187 Å². The maximum Gasteiger partial charge on any atom is 0.0543 e. The van der Waals surface area contributed by atoms with Crippen molar-refractivity contribution >= 4 is 39.6 Å². The van der Waals surface area contributed by atoms with Gasteiger partial charge in [-0.3, -0.25) is 0 Å². The minimum absolute atomic E-state index is 0.932. The van der Waals surface area contributed by atoms with E-state index >= 15 is 0 Å². The summed E-state index contributed by atoms with van der Waals surface area (Å²) in [5.74, 6) is 0. The Morgan fingerprint density at radius 3 is 1.93 bits per heavy atom. The SMILES string of the molecule is C=C(/C=C\C=C/C)C1=C(Nc2cccc(C)c2)CCC(c2ccc3c4c(n(-c5cccc(C)c5)c3c2)C=CC4)=C1.CC.CC.CN.c1ccc(Nc2ccccc2)cc1. The minimum atomic E-state index is 0.932. The Bertz CT molecular complexity index is 2370. The van der Waals surface area contributed by atoms with Crippen molar-refractivity contribution in [3.63, 3.8) is 0 Å². The van der Waals surface area contributed by atoms with Gasteiger partial charge in [-0.2, -0.15) is 0 Å². The number of hydrogen-bond acceptors (Lipinski definition) is 3. The molecule has 4 N–H and O–H groups in total. The molecule has 0 amide bonds. The molecule has 0 aliphatic heterocycles. The monoisotopic (exact) mass is 781 g/mol. The van der Waals surface area contributed by atoms with Crippen molar-refractivity contribution in [2.45, 2.75) is 67.7 Å². The van der Waals surface area contributed by atoms with Gasteiger partial charge in [-0.1, -0.05) is 137 Å². The summed E-state index contributed by atoms with van der Waals surface area (Å²) in [7, 11) is 1.50. The molecule has 2 aliphatic carbocycles. The molecule has 0 atom stereocenters. The van der Waals surface area contributed by atoms with E-state index in [0.717, 1.165) is 41.9 Å². The maximum atomic E-state index is 4.50. The van der Waals surface area contributed by atoms with Crippen LogP contribution in [0, 0.1) is 13.8 Å². The van der Waals surface area contributed by atoms with Crippen LogP contribution in [0.2, 0.25) is 0 Å². The van der Waals surface area contributed by atoms with Gasteiger partial charge in [0.05, 0.1) is 11.2 Å². The number of nitrogens with two attached hydrogens (primary N) is 1. The number of allylic oxidation sites excluding steroid dienone is 10. The maximum absolute atomic E-state index is 4.50. The van der Waals surface area contributed by atoms with Crippen molar-refractivity contribution < 1.29 is 0 Å². The fraction of sp³-hybridized carbons (Fsp3) is 0.200. The summed E-state index contributed by atoms with van der Waals surface area (Å²) >= 11 is 0. The fourth-order valence-electron chi connectivity index (χ4n) is 7.15. The Hall–Kier alpha value is -6.36. The number of fused-ring (bicyclic) bond motifs is 3. The number of benzene rings is 5. The van der Waals surface area contributed by atoms with E-state index < -0.39 is 0 Å². The van der Waals surface area contributed by atoms with E-state index in [2.05, 4.69) is 138 Å². The molecule has 0 spiro atoms. The second-order valence-electron chi connectivity index (χ2n) is 13.7. The Labute approximate surface area is 354 Å². The van der Waals surface area contributed by atoms with E-state index in [1.165, 1.54) is 68.4 Å². The van der Waals surface area contributed by atoms with Gasteiger partial charge in [-0.05, 0) is 147 Å². The van der Waals surface area contributed by atoms with Crippen LogP contribution in [-0.4, -0.2) is 11.6 Å². The fourth-order valence-corrected chi connectivity index (χ4v) is 7.15. The normalized spacial score (nSPS) is 12.5. The number of para-hydroxylation sites is 2. The van der Waals surface area contributed by atoms with Gasteiger partial charge in [0.1, 0.15) is 0 Å². The molecule has 4 nitrogen and oxygen atoms in total. The first kappa shape index (κ1) is 45.3. The molecule has 8 rings (SSSR count). The molecular weight excluding hydrogens is 717 g/mol. The third kappa shape index (κ3) is 12.1. The first-order chi connectivity index (χ1) is 29.0. The predicted molar refractivity (Wildman–Crippen MR) is 262 cm³/mol. The third-order valence-electron chi connectivity index (χ3n) is 9.73. The number of aromatic nitrogens is 1. The molecule has 5 aromatic carbocycles. The van der Waals surface area contributed by atoms with Crippen molar-refractivity contribution in [1.82, 2.24) is 4.57 Å². The number of nitrogens with one attached hydrogen (secondary N) is 2. The van der Waals surface area contributed by atoms with E-state index in [0.29, 0.717) is 0 Å². The molecule has 59 heavy (non-hydrogen) atoms. The lowest BCUT2D eigenvalue weighted by Crippen LogP contribution is -2.09. The Balaban J connectivity index is 0.000000338. The van der Waals surface area contributed by atoms with E-state index in [1.807, 2.05) is 107 Å². The molecule has 6 aromatic rings. The smallest absolute Gasteiger partial charge is 0.0543 e. The highest BCUT2D eigenvalue weighted by Crippen LogP contribution is 2.39. The third-order valence-corrected chi connectivity index (χ3v) is 9.73. The number of anilines is 3. The molecule has 0 saturated carbocycles. The molecule has 1 aromatic heterocycles. The van der Waals surface area contributed by atoms with Crippen LogP contribution in [0.5, 0.6) is 0 Å². The van der Waals surface area contributed by atoms with E-state index in [9.17, 15) is 0 Å². The average molecular weight is 781 g/mol. The van der Waals surface area contributed by atoms with Gasteiger partial charge in [0.2, 0.25) is 0 Å². The van der Waals surface area contributed by atoms with Crippen LogP contribution in [-0.2, 0) is 6.42 Å². The molecule has 2 aliphatic rings. The Morgan fingerprint density at radius 1 is 0.678 bits per heavy atom. The van der Waals surface area contributed by atoms with Gasteiger partial charge in [0.25, 0.3) is 0 Å². The van der Waals surface area contributed by atoms with Crippen molar-refractivity contribution in [3.05, 3.63) is 215 Å². The zero-order chi connectivity index (χ0) is 42.6. The van der Waals surface area contributed by atoms with Crippen molar-refractivity contribution in [3.8, 4) is 5.69 Å². The lowest BCUT2D eigenvalue weighted by atomic mass is 9.88. The molecule has 1 heterocycles. The lowest BCUT2D eigenvalue weighted by Gasteiger charge is -2.23. The minimum Gasteiger partial charge on any atom is -0.358 e. The zero-order valence-corrected chi connectivity index (χ0v) is 36.5. The number of hydrogen-bond donors (Lipinski definition) is 3. The summed E-state index contributed by atoms with van der Waals surface area (Å²) < 4.78 is 2.44. The Morgan fingerprint density at radius 2 is 1.31 bits per heavy atom. The first-order valence-corrected chi connectivity index (χ1v) is 21.1. The Kier molecular flexibility index (Phi) is 18.3. The summed E-state index contributed by atoms with van der Waals surface area (Å²) in [5, 5.41) is 8.37. The largest absolute Gasteiger partial charge is 0.358 e. The first-order valence-electron chi connectivity index (χ1n) is 21.1. The molecule has 0 unspecified atom stereocenters. The molecule has 0 saturated heterocycles. The van der Waals surface area contributed by atoms with Gasteiger partial charge in [0, 0.05) is 39.4 Å². The van der Waals surface area contributed by atoms with Gasteiger partial charge in [0.15, 0.2) is 0 Å². The lowest BCUT2D eigenvalue weighted by molar-refractivity contribution is 0.965. The van der Waals surface area contributed by atoms with Crippen molar-refractivity contribution in [1.29, 1.82) is 0 Å². The van der Waals surface area contributed by atoms with Crippen LogP contribution >= 0.6 is 0 Å². The summed E-state index contributed by atoms with van der Waals surface area (Å²) in [6, 6.07) is 44.7. The van der Waals surface area contributed by atoms with Crippen LogP contribution in [0.3, 0.4) is 0 Å². The quantitative estimate of drug-likeness (QED) is 0.128. The number of rotatable bonds is 9. The van der Waals surface area contributed by atoms with Crippen molar-refractivity contribution in [2.75, 3.05) is 17.7 Å². The highest BCUT2D eigenvalue weighted by atomic mass is 15.0. The molecule has 4 heteroatoms. The summed E-state index contributed by atoms with van der Waals surface area (Å²) in [6.07, 6.45) is 18.1. The van der Waals surface area contributed by atoms with Crippen LogP contribution in [0.1, 0.15) is 75.4 Å². The molecule has 0 radical (unpaired) electrons. The van der Waals surface area contributed by atoms with Gasteiger partial charge >= 0.3 is 0 Å². The molecule has 0 bridgehead atoms. The number of aryl methyl sites for hydroxylation is 2. The second-order valence-corrected chi connectivity index (χ2v) is 13.7. The van der Waals surface area contributed by atoms with Gasteiger partial charge in [-0.15, -0.1) is 0 Å².